The highest BCUT2D eigenvalue weighted by atomic mass is 16.8. The quantitative estimate of drug-likeness (QED) is 0.0358. The fraction of sp³-hybridized carbons (Fsp3) is 1.00. The van der Waals surface area contributed by atoms with E-state index in [9.17, 15) is 128 Å². The van der Waals surface area contributed by atoms with E-state index in [2.05, 4.69) is 0 Å². The summed E-state index contributed by atoms with van der Waals surface area (Å²) in [6, 6.07) is 0. The SMILES string of the molecule is NCCCC[C@H]1O[C@H](CO[C@H]2O[C@H](CO[C@H]3O[C@H](CO)[C@@H](O)[C@H](O)[C@@H]3O[C@H]3O[C@H](CO)[C@@H](O)[C@H](O)[C@@H]3O)[C@@H](O)[C@H](O[C@H]3O[C@H](CO)[C@@H](O)[C@H](O)[C@@H]3O)[C@@H]2O)[C@@H](O)[C@H](O[C@H]2O[C@H](CO)[C@@H](O)[C@H](O)[C@@H]2O[C@H]2O[C@H](CO)[C@@H](O)[C@H](O)[C@@H]2O[C@H]2O[C@H](CO)[C@@H](O)[C@H](O)[C@@H]2O)[C@@H]1O. The van der Waals surface area contributed by atoms with Gasteiger partial charge in [0, 0.05) is 0 Å². The molecule has 0 aromatic heterocycles. The normalized spacial score (nSPS) is 51.8. The molecule has 41 nitrogen and oxygen atoms in total. The van der Waals surface area contributed by atoms with Crippen molar-refractivity contribution in [3.63, 3.8) is 0 Å². The Hall–Kier alpha value is -1.64. The number of aliphatic hydroxyl groups excluding tert-OH is 25. The van der Waals surface area contributed by atoms with Crippen molar-refractivity contribution in [3.8, 4) is 0 Å². The molecule has 27 N–H and O–H groups in total. The summed E-state index contributed by atoms with van der Waals surface area (Å²) in [6.45, 7) is -7.61. The first-order chi connectivity index (χ1) is 44.2. The largest absolute Gasteiger partial charge is 0.394 e. The Labute approximate surface area is 527 Å². The lowest BCUT2D eigenvalue weighted by atomic mass is 9.91. The maximum atomic E-state index is 12.2. The molecule has 0 bridgehead atoms. The van der Waals surface area contributed by atoms with E-state index in [-0.39, 0.29) is 19.4 Å². The predicted molar refractivity (Wildman–Crippen MR) is 285 cm³/mol. The van der Waals surface area contributed by atoms with Crippen LogP contribution in [-0.2, 0) is 71.1 Å². The lowest BCUT2D eigenvalue weighted by molar-refractivity contribution is -0.401. The number of hydrogen-bond donors (Lipinski definition) is 26. The Morgan fingerprint density at radius 1 is 0.226 bits per heavy atom. The molecule has 93 heavy (non-hydrogen) atoms. The lowest BCUT2D eigenvalue weighted by Gasteiger charge is -2.50. The molecule has 0 unspecified atom stereocenters. The molecule has 544 valence electrons. The molecule has 0 aromatic rings. The van der Waals surface area contributed by atoms with Gasteiger partial charge >= 0.3 is 0 Å². The van der Waals surface area contributed by atoms with E-state index in [0.29, 0.717) is 6.42 Å². The van der Waals surface area contributed by atoms with Crippen molar-refractivity contribution in [1.29, 1.82) is 0 Å². The van der Waals surface area contributed by atoms with Gasteiger partial charge in [-0.1, -0.05) is 0 Å². The number of unbranched alkanes of at least 4 members (excludes halogenated alkanes) is 1. The van der Waals surface area contributed by atoms with E-state index >= 15 is 0 Å². The van der Waals surface area contributed by atoms with Crippen molar-refractivity contribution < 1.29 is 199 Å². The third kappa shape index (κ3) is 16.7. The Kier molecular flexibility index (Phi) is 28.3. The van der Waals surface area contributed by atoms with Crippen molar-refractivity contribution in [3.05, 3.63) is 0 Å². The highest BCUT2D eigenvalue weighted by molar-refractivity contribution is 5.01. The Morgan fingerprint density at radius 2 is 0.495 bits per heavy atom. The summed E-state index contributed by atoms with van der Waals surface area (Å²) in [4.78, 5) is 0. The van der Waals surface area contributed by atoms with Crippen molar-refractivity contribution in [2.24, 2.45) is 5.73 Å². The zero-order chi connectivity index (χ0) is 68.2. The van der Waals surface area contributed by atoms with E-state index in [0.717, 1.165) is 0 Å². The fourth-order valence-electron chi connectivity index (χ4n) is 12.0. The molecule has 0 spiro atoms. The molecule has 0 amide bonds. The molecule has 41 heteroatoms. The molecule has 8 heterocycles. The molecule has 8 aliphatic heterocycles. The number of hydrogen-bond acceptors (Lipinski definition) is 41. The average molecular weight is 1370 g/mol. The van der Waals surface area contributed by atoms with E-state index in [1.54, 1.807) is 0 Å². The summed E-state index contributed by atoms with van der Waals surface area (Å²) in [7, 11) is 0. The van der Waals surface area contributed by atoms with E-state index in [1.165, 1.54) is 0 Å². The highest BCUT2D eigenvalue weighted by Crippen LogP contribution is 2.38. The van der Waals surface area contributed by atoms with Gasteiger partial charge in [-0.25, -0.2) is 0 Å². The molecule has 0 aliphatic carbocycles. The smallest absolute Gasteiger partial charge is 0.187 e. The van der Waals surface area contributed by atoms with Crippen LogP contribution in [-0.4, -0.2) is 433 Å². The Bertz CT molecular complexity index is 2210. The molecule has 8 rings (SSSR count). The summed E-state index contributed by atoms with van der Waals surface area (Å²) in [5.74, 6) is 0. The first kappa shape index (κ1) is 77.1. The van der Waals surface area contributed by atoms with Gasteiger partial charge in [-0.15, -0.1) is 0 Å². The average Bonchev–Trinajstić information content (AvgIpc) is 1.05. The minimum atomic E-state index is -2.25. The van der Waals surface area contributed by atoms with Crippen molar-refractivity contribution in [1.82, 2.24) is 0 Å². The zero-order valence-electron chi connectivity index (χ0n) is 49.5. The van der Waals surface area contributed by atoms with Crippen LogP contribution < -0.4 is 5.73 Å². The molecule has 0 aromatic carbocycles. The summed E-state index contributed by atoms with van der Waals surface area (Å²) < 4.78 is 87.2. The number of aliphatic hydroxyl groups is 25. The molecular weight excluding hydrogens is 1280 g/mol. The van der Waals surface area contributed by atoms with Crippen LogP contribution >= 0.6 is 0 Å². The molecule has 8 saturated heterocycles. The number of nitrogens with two attached hydrogens (primary N) is 1. The maximum absolute atomic E-state index is 12.2. The third-order valence-corrected chi connectivity index (χ3v) is 17.7. The van der Waals surface area contributed by atoms with E-state index < -0.39 is 298 Å². The Morgan fingerprint density at radius 3 is 0.871 bits per heavy atom. The molecule has 8 aliphatic rings. The highest BCUT2D eigenvalue weighted by Gasteiger charge is 2.59. The van der Waals surface area contributed by atoms with Crippen LogP contribution in [0.1, 0.15) is 19.3 Å². The number of rotatable bonds is 26. The van der Waals surface area contributed by atoms with Gasteiger partial charge < -0.3 is 204 Å². The monoisotopic (exact) mass is 1370 g/mol. The Balaban J connectivity index is 1.06. The van der Waals surface area contributed by atoms with E-state index in [1.807, 2.05) is 0 Å². The van der Waals surface area contributed by atoms with Crippen LogP contribution in [0.25, 0.3) is 0 Å². The standard InChI is InChI=1S/C52H91NO40/c53-4-2-1-3-13-28(66)41(90-51-45(36(74)27(65)18(9-58)86-51)93-52-44(35(73)26(64)19(10-59)87-52)92-49-39(77)33(71)24(62)16(7-56)84-49)29(67)20(81-13)11-79-46-40(78)42(89-47-37(75)31(69)22(60)14(5-54)82-47)30(68)21(88-46)12-80-50-43(34(72)25(63)17(8-57)85-50)91-48-38(76)32(70)23(61)15(6-55)83-48/h13-52,54-78H,1-12,53H2/t13-,14-,15-,16-,17-,18-,19-,20-,21-,22-,23-,24-,25-,26-,27-,28-,29-,30-,31+,32+,33+,34+,35+,36+,37+,38+,39+,40+,41-,42+,43+,44+,45+,46+,47-,48-,49-,50+,51-,52-/m1/s1. The van der Waals surface area contributed by atoms with Crippen LogP contribution in [0.4, 0.5) is 0 Å². The van der Waals surface area contributed by atoms with Gasteiger partial charge in [0.2, 0.25) is 0 Å². The first-order valence-corrected chi connectivity index (χ1v) is 30.2. The van der Waals surface area contributed by atoms with Gasteiger partial charge in [0.25, 0.3) is 0 Å². The van der Waals surface area contributed by atoms with Crippen molar-refractivity contribution >= 4 is 0 Å². The molecule has 8 fully saturated rings. The van der Waals surface area contributed by atoms with Gasteiger partial charge in [-0.05, 0) is 25.8 Å². The summed E-state index contributed by atoms with van der Waals surface area (Å²) in [5, 5.41) is 271. The zero-order valence-corrected chi connectivity index (χ0v) is 49.5. The van der Waals surface area contributed by atoms with Crippen LogP contribution in [0.5, 0.6) is 0 Å². The summed E-state index contributed by atoms with van der Waals surface area (Å²) in [5.41, 5.74) is 5.76. The second-order valence-corrected chi connectivity index (χ2v) is 23.9. The summed E-state index contributed by atoms with van der Waals surface area (Å²) >= 11 is 0. The molecule has 0 radical (unpaired) electrons. The minimum Gasteiger partial charge on any atom is -0.394 e. The van der Waals surface area contributed by atoms with Crippen molar-refractivity contribution in [2.45, 2.75) is 265 Å². The van der Waals surface area contributed by atoms with Crippen LogP contribution in [0.3, 0.4) is 0 Å². The van der Waals surface area contributed by atoms with Gasteiger partial charge in [-0.3, -0.25) is 0 Å². The molecule has 40 atom stereocenters. The van der Waals surface area contributed by atoms with Crippen LogP contribution in [0.2, 0.25) is 0 Å². The van der Waals surface area contributed by atoms with Crippen LogP contribution in [0.15, 0.2) is 0 Å². The maximum Gasteiger partial charge on any atom is 0.187 e. The predicted octanol–water partition coefficient (Wildman–Crippen LogP) is -17.3. The fourth-order valence-corrected chi connectivity index (χ4v) is 12.0. The van der Waals surface area contributed by atoms with Crippen molar-refractivity contribution in [2.75, 3.05) is 59.4 Å². The van der Waals surface area contributed by atoms with Gasteiger partial charge in [0.1, 0.15) is 195 Å². The third-order valence-electron chi connectivity index (χ3n) is 17.7. The molecule has 0 saturated carbocycles. The molecular formula is C52H91NO40. The van der Waals surface area contributed by atoms with Crippen LogP contribution in [0, 0.1) is 0 Å². The second kappa shape index (κ2) is 34.1. The minimum absolute atomic E-state index is 0.0560. The lowest BCUT2D eigenvalue weighted by Crippen LogP contribution is -2.68. The second-order valence-electron chi connectivity index (χ2n) is 23.9. The van der Waals surface area contributed by atoms with E-state index in [4.69, 9.17) is 76.8 Å². The topological polar surface area (TPSA) is 670 Å². The first-order valence-electron chi connectivity index (χ1n) is 30.2. The number of ether oxygens (including phenoxy) is 15. The summed E-state index contributed by atoms with van der Waals surface area (Å²) in [6.07, 6.45) is -78.2. The van der Waals surface area contributed by atoms with Gasteiger partial charge in [0.05, 0.1) is 59.0 Å². The van der Waals surface area contributed by atoms with Gasteiger partial charge in [0.15, 0.2) is 44.0 Å². The van der Waals surface area contributed by atoms with Gasteiger partial charge in [-0.2, -0.15) is 0 Å².